The smallest absolute Gasteiger partial charge is 0.338 e. The Bertz CT molecular complexity index is 824. The van der Waals surface area contributed by atoms with E-state index in [1.165, 1.54) is 31.3 Å². The van der Waals surface area contributed by atoms with Crippen molar-refractivity contribution in [1.82, 2.24) is 0 Å². The average molecular weight is 445 g/mol. The fourth-order valence-electron chi connectivity index (χ4n) is 7.24. The lowest BCUT2D eigenvalue weighted by Crippen LogP contribution is -2.36. The SMILES string of the molecule is C=C1/C(=C/C=C2\CCC[C@]3(C)[C@@H]([C@H](C)C[C@@H]4C[C@](C)(O)C(=O)O4)CC[C@@H]23)C[C@@H](O)C[C@@H]1O. The summed E-state index contributed by atoms with van der Waals surface area (Å²) in [6.45, 7) is 10.3. The highest BCUT2D eigenvalue weighted by Crippen LogP contribution is 2.60. The number of ether oxygens (including phenoxy) is 1. The standard InChI is InChI=1S/C27H40O5/c1-16(12-21-15-27(4,31)25(30)32-21)22-9-10-23-18(6-5-11-26(22,23)3)7-8-19-13-20(28)14-24(29)17(19)2/h7-8,16,20-24,28-29,31H,2,5-6,9-15H2,1,3-4H3/b18-7+,19-8+/t16-,20-,21-,22-,23+,24+,26-,27+/m1/s1. The first kappa shape index (κ1) is 23.7. The molecule has 0 unspecified atom stereocenters. The summed E-state index contributed by atoms with van der Waals surface area (Å²) < 4.78 is 5.47. The third kappa shape index (κ3) is 4.36. The fourth-order valence-corrected chi connectivity index (χ4v) is 7.24. The van der Waals surface area contributed by atoms with Gasteiger partial charge in [0.25, 0.3) is 0 Å². The van der Waals surface area contributed by atoms with Crippen LogP contribution in [-0.4, -0.2) is 45.2 Å². The minimum absolute atomic E-state index is 0.186. The van der Waals surface area contributed by atoms with Crippen molar-refractivity contribution < 1.29 is 24.9 Å². The molecule has 5 heteroatoms. The zero-order valence-corrected chi connectivity index (χ0v) is 19.8. The van der Waals surface area contributed by atoms with E-state index in [9.17, 15) is 20.1 Å². The third-order valence-electron chi connectivity index (χ3n) is 8.96. The van der Waals surface area contributed by atoms with Crippen LogP contribution in [0.2, 0.25) is 0 Å². The molecule has 1 saturated heterocycles. The van der Waals surface area contributed by atoms with Crippen LogP contribution < -0.4 is 0 Å². The first-order valence-electron chi connectivity index (χ1n) is 12.4. The minimum atomic E-state index is -1.34. The Labute approximate surface area is 192 Å². The number of rotatable bonds is 4. The number of hydrogen-bond acceptors (Lipinski definition) is 5. The molecule has 3 N–H and O–H groups in total. The normalized spacial score (nSPS) is 45.9. The predicted molar refractivity (Wildman–Crippen MR) is 124 cm³/mol. The summed E-state index contributed by atoms with van der Waals surface area (Å²) in [7, 11) is 0. The number of aliphatic hydroxyl groups excluding tert-OH is 2. The number of hydrogen-bond donors (Lipinski definition) is 3. The molecule has 1 heterocycles. The molecule has 178 valence electrons. The Hall–Kier alpha value is -1.43. The molecule has 4 rings (SSSR count). The molecular formula is C27H40O5. The highest BCUT2D eigenvalue weighted by molar-refractivity contribution is 5.80. The van der Waals surface area contributed by atoms with E-state index in [-0.39, 0.29) is 11.5 Å². The van der Waals surface area contributed by atoms with E-state index in [1.54, 1.807) is 6.92 Å². The lowest BCUT2D eigenvalue weighted by Gasteiger charge is -2.44. The number of carbonyl (C=O) groups excluding carboxylic acids is 1. The second-order valence-electron chi connectivity index (χ2n) is 11.4. The van der Waals surface area contributed by atoms with Gasteiger partial charge < -0.3 is 20.1 Å². The van der Waals surface area contributed by atoms with Crippen LogP contribution in [0, 0.1) is 23.2 Å². The minimum Gasteiger partial charge on any atom is -0.460 e. The van der Waals surface area contributed by atoms with Crippen LogP contribution in [0.25, 0.3) is 0 Å². The molecule has 0 aromatic rings. The highest BCUT2D eigenvalue weighted by Gasteiger charge is 2.52. The van der Waals surface area contributed by atoms with Crippen molar-refractivity contribution in [3.8, 4) is 0 Å². The van der Waals surface area contributed by atoms with Crippen LogP contribution in [0.5, 0.6) is 0 Å². The summed E-state index contributed by atoms with van der Waals surface area (Å²) in [5.41, 5.74) is 2.08. The van der Waals surface area contributed by atoms with Crippen molar-refractivity contribution in [1.29, 1.82) is 0 Å². The van der Waals surface area contributed by atoms with Crippen molar-refractivity contribution in [2.24, 2.45) is 23.2 Å². The van der Waals surface area contributed by atoms with Crippen molar-refractivity contribution >= 4 is 5.97 Å². The van der Waals surface area contributed by atoms with Gasteiger partial charge in [0.05, 0.1) is 12.2 Å². The summed E-state index contributed by atoms with van der Waals surface area (Å²) in [5, 5.41) is 30.4. The second-order valence-corrected chi connectivity index (χ2v) is 11.4. The first-order chi connectivity index (χ1) is 15.0. The van der Waals surface area contributed by atoms with Gasteiger partial charge in [-0.2, -0.15) is 0 Å². The van der Waals surface area contributed by atoms with Gasteiger partial charge in [-0.15, -0.1) is 0 Å². The lowest BCUT2D eigenvalue weighted by molar-refractivity contribution is -0.154. The van der Waals surface area contributed by atoms with Crippen LogP contribution in [0.3, 0.4) is 0 Å². The maximum absolute atomic E-state index is 11.9. The Balaban J connectivity index is 1.47. The number of aliphatic hydroxyl groups is 3. The first-order valence-corrected chi connectivity index (χ1v) is 12.4. The molecule has 0 aromatic carbocycles. The molecule has 0 amide bonds. The molecule has 0 spiro atoms. The largest absolute Gasteiger partial charge is 0.460 e. The van der Waals surface area contributed by atoms with E-state index in [4.69, 9.17) is 4.74 Å². The van der Waals surface area contributed by atoms with Crippen molar-refractivity contribution in [3.63, 3.8) is 0 Å². The van der Waals surface area contributed by atoms with Crippen LogP contribution in [0.1, 0.15) is 78.6 Å². The van der Waals surface area contributed by atoms with E-state index < -0.39 is 23.8 Å². The predicted octanol–water partition coefficient (Wildman–Crippen LogP) is 4.22. The number of cyclic esters (lactones) is 1. The lowest BCUT2D eigenvalue weighted by atomic mass is 9.60. The van der Waals surface area contributed by atoms with Gasteiger partial charge in [0.1, 0.15) is 6.10 Å². The number of fused-ring (bicyclic) bond motifs is 1. The van der Waals surface area contributed by atoms with Crippen molar-refractivity contribution in [2.75, 3.05) is 0 Å². The Kier molecular flexibility index (Phi) is 6.47. The van der Waals surface area contributed by atoms with E-state index in [0.29, 0.717) is 37.0 Å². The Morgan fingerprint density at radius 1 is 1.25 bits per heavy atom. The summed E-state index contributed by atoms with van der Waals surface area (Å²) in [6.07, 6.45) is 11.0. The van der Waals surface area contributed by atoms with E-state index in [1.807, 2.05) is 0 Å². The van der Waals surface area contributed by atoms with Gasteiger partial charge >= 0.3 is 5.97 Å². The molecule has 32 heavy (non-hydrogen) atoms. The maximum Gasteiger partial charge on any atom is 0.338 e. The van der Waals surface area contributed by atoms with Gasteiger partial charge in [0.2, 0.25) is 0 Å². The van der Waals surface area contributed by atoms with Gasteiger partial charge in [-0.25, -0.2) is 4.79 Å². The topological polar surface area (TPSA) is 87.0 Å². The zero-order valence-electron chi connectivity index (χ0n) is 19.8. The third-order valence-corrected chi connectivity index (χ3v) is 8.96. The molecule has 8 atom stereocenters. The molecule has 0 radical (unpaired) electrons. The van der Waals surface area contributed by atoms with Gasteiger partial charge in [-0.1, -0.05) is 38.2 Å². The summed E-state index contributed by atoms with van der Waals surface area (Å²) in [5.74, 6) is 1.06. The number of esters is 1. The molecule has 5 nitrogen and oxygen atoms in total. The zero-order chi connectivity index (χ0) is 23.3. The molecular weight excluding hydrogens is 404 g/mol. The van der Waals surface area contributed by atoms with Gasteiger partial charge in [-0.3, -0.25) is 0 Å². The Morgan fingerprint density at radius 2 is 2.00 bits per heavy atom. The quantitative estimate of drug-likeness (QED) is 0.565. The van der Waals surface area contributed by atoms with Gasteiger partial charge in [0, 0.05) is 12.8 Å². The summed E-state index contributed by atoms with van der Waals surface area (Å²) >= 11 is 0. The molecule has 0 bridgehead atoms. The van der Waals surface area contributed by atoms with Gasteiger partial charge in [-0.05, 0) is 86.2 Å². The van der Waals surface area contributed by atoms with Gasteiger partial charge in [0.15, 0.2) is 5.60 Å². The summed E-state index contributed by atoms with van der Waals surface area (Å²) in [4.78, 5) is 11.9. The van der Waals surface area contributed by atoms with Crippen LogP contribution >= 0.6 is 0 Å². The summed E-state index contributed by atoms with van der Waals surface area (Å²) in [6, 6.07) is 0. The number of carbonyl (C=O) groups is 1. The fraction of sp³-hybridized carbons (Fsp3) is 0.741. The second kappa shape index (κ2) is 8.73. The molecule has 0 aromatic heterocycles. The number of allylic oxidation sites excluding steroid dienone is 3. The Morgan fingerprint density at radius 3 is 2.69 bits per heavy atom. The van der Waals surface area contributed by atoms with Crippen LogP contribution in [0.15, 0.2) is 35.5 Å². The molecule has 3 saturated carbocycles. The molecule has 4 aliphatic rings. The van der Waals surface area contributed by atoms with Crippen molar-refractivity contribution in [2.45, 2.75) is 102 Å². The molecule has 1 aliphatic heterocycles. The van der Waals surface area contributed by atoms with Crippen molar-refractivity contribution in [3.05, 3.63) is 35.5 Å². The van der Waals surface area contributed by atoms with E-state index in [0.717, 1.165) is 24.0 Å². The maximum atomic E-state index is 11.9. The molecule has 4 fully saturated rings. The average Bonchev–Trinajstić information content (AvgIpc) is 3.18. The van der Waals surface area contributed by atoms with E-state index >= 15 is 0 Å². The van der Waals surface area contributed by atoms with Crippen LogP contribution in [-0.2, 0) is 9.53 Å². The molecule has 3 aliphatic carbocycles. The van der Waals surface area contributed by atoms with Crippen LogP contribution in [0.4, 0.5) is 0 Å². The highest BCUT2D eigenvalue weighted by atomic mass is 16.6. The monoisotopic (exact) mass is 444 g/mol. The van der Waals surface area contributed by atoms with E-state index in [2.05, 4.69) is 32.6 Å².